The smallest absolute Gasteiger partial charge is 0.125 e. The van der Waals surface area contributed by atoms with Gasteiger partial charge in [-0.3, -0.25) is 0 Å². The molecule has 0 aromatic heterocycles. The molecule has 14 heavy (non-hydrogen) atoms. The third-order valence-electron chi connectivity index (χ3n) is 2.88. The van der Waals surface area contributed by atoms with Gasteiger partial charge in [-0.1, -0.05) is 32.1 Å². The van der Waals surface area contributed by atoms with E-state index in [4.69, 9.17) is 0 Å². The maximum Gasteiger partial charge on any atom is 0.125 e. The highest BCUT2D eigenvalue weighted by molar-refractivity contribution is 5.13. The second kappa shape index (κ2) is 6.09. The van der Waals surface area contributed by atoms with Gasteiger partial charge >= 0.3 is 0 Å². The van der Waals surface area contributed by atoms with Crippen molar-refractivity contribution in [2.75, 3.05) is 0 Å². The van der Waals surface area contributed by atoms with Crippen LogP contribution < -0.4 is 0 Å². The van der Waals surface area contributed by atoms with Crippen LogP contribution in [0.2, 0.25) is 0 Å². The lowest BCUT2D eigenvalue weighted by atomic mass is 9.87. The first kappa shape index (κ1) is 11.6. The zero-order valence-electron chi connectivity index (χ0n) is 9.31. The topological polar surface area (TPSA) is 20.2 Å². The van der Waals surface area contributed by atoms with Crippen LogP contribution in [0.15, 0.2) is 0 Å². The Morgan fingerprint density at radius 2 is 1.64 bits per heavy atom. The van der Waals surface area contributed by atoms with E-state index in [1.165, 1.54) is 19.3 Å². The molecule has 0 unspecified atom stereocenters. The largest absolute Gasteiger partial charge is 0.378 e. The summed E-state index contributed by atoms with van der Waals surface area (Å²) >= 11 is 0. The molecular formula is C13H22O. The molecule has 1 aliphatic carbocycles. The van der Waals surface area contributed by atoms with Crippen LogP contribution in [0.3, 0.4) is 0 Å². The quantitative estimate of drug-likeness (QED) is 0.635. The van der Waals surface area contributed by atoms with Crippen LogP contribution >= 0.6 is 0 Å². The van der Waals surface area contributed by atoms with E-state index >= 15 is 0 Å². The van der Waals surface area contributed by atoms with Gasteiger partial charge in [-0.15, -0.1) is 5.92 Å². The van der Waals surface area contributed by atoms with Crippen LogP contribution in [-0.4, -0.2) is 10.7 Å². The number of hydrogen-bond donors (Lipinski definition) is 1. The van der Waals surface area contributed by atoms with Gasteiger partial charge in [0.25, 0.3) is 0 Å². The Morgan fingerprint density at radius 3 is 2.21 bits per heavy atom. The van der Waals surface area contributed by atoms with Gasteiger partial charge in [0.2, 0.25) is 0 Å². The van der Waals surface area contributed by atoms with Crippen molar-refractivity contribution in [3.63, 3.8) is 0 Å². The number of unbranched alkanes of at least 4 members (excludes halogenated alkanes) is 1. The normalized spacial score (nSPS) is 21.6. The molecule has 1 rings (SSSR count). The van der Waals surface area contributed by atoms with Gasteiger partial charge < -0.3 is 5.11 Å². The average Bonchev–Trinajstić information content (AvgIpc) is 2.13. The van der Waals surface area contributed by atoms with Crippen LogP contribution in [0, 0.1) is 11.8 Å². The van der Waals surface area contributed by atoms with Crippen molar-refractivity contribution >= 4 is 0 Å². The Labute approximate surface area is 87.9 Å². The lowest BCUT2D eigenvalue weighted by Crippen LogP contribution is -2.27. The van der Waals surface area contributed by atoms with Crippen molar-refractivity contribution in [2.24, 2.45) is 0 Å². The molecule has 0 aromatic rings. The molecule has 0 spiro atoms. The maximum atomic E-state index is 10.2. The van der Waals surface area contributed by atoms with E-state index in [0.29, 0.717) is 0 Å². The summed E-state index contributed by atoms with van der Waals surface area (Å²) in [4.78, 5) is 0. The molecular weight excluding hydrogens is 172 g/mol. The predicted molar refractivity (Wildman–Crippen MR) is 60.0 cm³/mol. The third-order valence-corrected chi connectivity index (χ3v) is 2.88. The Bertz CT molecular complexity index is 201. The molecule has 0 amide bonds. The molecule has 0 aliphatic heterocycles. The molecule has 1 nitrogen and oxygen atoms in total. The van der Waals surface area contributed by atoms with Crippen molar-refractivity contribution in [3.05, 3.63) is 0 Å². The van der Waals surface area contributed by atoms with E-state index in [1.807, 2.05) is 0 Å². The van der Waals surface area contributed by atoms with Crippen LogP contribution in [0.25, 0.3) is 0 Å². The first-order valence-corrected chi connectivity index (χ1v) is 5.99. The van der Waals surface area contributed by atoms with Crippen molar-refractivity contribution in [3.8, 4) is 11.8 Å². The third kappa shape index (κ3) is 4.15. The standard InChI is InChI=1S/C13H22O/c1-2-3-7-10-13(14)11-8-5-4-6-9-12-13/h14H,2-6,8-9,11-12H2,1H3. The maximum absolute atomic E-state index is 10.2. The number of hydrogen-bond acceptors (Lipinski definition) is 1. The van der Waals surface area contributed by atoms with Gasteiger partial charge in [-0.25, -0.2) is 0 Å². The molecule has 0 heterocycles. The van der Waals surface area contributed by atoms with E-state index in [9.17, 15) is 5.11 Å². The fourth-order valence-corrected chi connectivity index (χ4v) is 1.97. The zero-order chi connectivity index (χ0) is 10.3. The van der Waals surface area contributed by atoms with Gasteiger partial charge in [0.1, 0.15) is 5.60 Å². The Kier molecular flexibility index (Phi) is 5.04. The second-order valence-corrected chi connectivity index (χ2v) is 4.35. The molecule has 1 N–H and O–H groups in total. The summed E-state index contributed by atoms with van der Waals surface area (Å²) in [6.07, 6.45) is 9.89. The molecule has 0 bridgehead atoms. The van der Waals surface area contributed by atoms with Crippen molar-refractivity contribution in [1.82, 2.24) is 0 Å². The molecule has 0 atom stereocenters. The summed E-state index contributed by atoms with van der Waals surface area (Å²) in [5.41, 5.74) is -0.657. The highest BCUT2D eigenvalue weighted by Crippen LogP contribution is 2.25. The molecule has 80 valence electrons. The molecule has 1 fully saturated rings. The molecule has 1 saturated carbocycles. The first-order valence-electron chi connectivity index (χ1n) is 5.99. The molecule has 0 radical (unpaired) electrons. The summed E-state index contributed by atoms with van der Waals surface area (Å²) < 4.78 is 0. The van der Waals surface area contributed by atoms with Gasteiger partial charge in [-0.05, 0) is 32.1 Å². The van der Waals surface area contributed by atoms with Crippen LogP contribution in [-0.2, 0) is 0 Å². The van der Waals surface area contributed by atoms with E-state index in [2.05, 4.69) is 18.8 Å². The van der Waals surface area contributed by atoms with Crippen LogP contribution in [0.1, 0.15) is 64.7 Å². The van der Waals surface area contributed by atoms with Gasteiger partial charge in [0.15, 0.2) is 0 Å². The van der Waals surface area contributed by atoms with E-state index in [-0.39, 0.29) is 0 Å². The van der Waals surface area contributed by atoms with E-state index in [0.717, 1.165) is 38.5 Å². The summed E-state index contributed by atoms with van der Waals surface area (Å²) in [5.74, 6) is 6.17. The van der Waals surface area contributed by atoms with E-state index < -0.39 is 5.60 Å². The minimum atomic E-state index is -0.657. The Hall–Kier alpha value is -0.480. The average molecular weight is 194 g/mol. The second-order valence-electron chi connectivity index (χ2n) is 4.35. The van der Waals surface area contributed by atoms with Crippen LogP contribution in [0.5, 0.6) is 0 Å². The SMILES string of the molecule is CCCC#CC1(O)CCCCCCC1. The fraction of sp³-hybridized carbons (Fsp3) is 0.846. The predicted octanol–water partition coefficient (Wildman–Crippen LogP) is 3.27. The lowest BCUT2D eigenvalue weighted by molar-refractivity contribution is 0.0718. The van der Waals surface area contributed by atoms with Gasteiger partial charge in [0.05, 0.1) is 0 Å². The van der Waals surface area contributed by atoms with E-state index in [1.54, 1.807) is 0 Å². The van der Waals surface area contributed by atoms with Crippen molar-refractivity contribution < 1.29 is 5.11 Å². The summed E-state index contributed by atoms with van der Waals surface area (Å²) in [6.45, 7) is 2.12. The molecule has 0 saturated heterocycles. The Morgan fingerprint density at radius 1 is 1.07 bits per heavy atom. The van der Waals surface area contributed by atoms with Gasteiger partial charge in [-0.2, -0.15) is 0 Å². The first-order chi connectivity index (χ1) is 6.77. The summed E-state index contributed by atoms with van der Waals surface area (Å²) in [5, 5.41) is 10.2. The van der Waals surface area contributed by atoms with Crippen LogP contribution in [0.4, 0.5) is 0 Å². The molecule has 0 aromatic carbocycles. The monoisotopic (exact) mass is 194 g/mol. The number of aliphatic hydroxyl groups is 1. The molecule has 1 aliphatic rings. The zero-order valence-corrected chi connectivity index (χ0v) is 9.31. The minimum Gasteiger partial charge on any atom is -0.378 e. The van der Waals surface area contributed by atoms with Gasteiger partial charge in [0, 0.05) is 6.42 Å². The minimum absolute atomic E-state index is 0.657. The number of rotatable bonds is 1. The highest BCUT2D eigenvalue weighted by Gasteiger charge is 2.24. The lowest BCUT2D eigenvalue weighted by Gasteiger charge is -2.24. The molecule has 1 heteroatoms. The van der Waals surface area contributed by atoms with Crippen molar-refractivity contribution in [2.45, 2.75) is 70.3 Å². The summed E-state index contributed by atoms with van der Waals surface area (Å²) in [6, 6.07) is 0. The Balaban J connectivity index is 2.47. The van der Waals surface area contributed by atoms with Crippen molar-refractivity contribution in [1.29, 1.82) is 0 Å². The summed E-state index contributed by atoms with van der Waals surface area (Å²) in [7, 11) is 0. The highest BCUT2D eigenvalue weighted by atomic mass is 16.3. The fourth-order valence-electron chi connectivity index (χ4n) is 1.97.